The van der Waals surface area contributed by atoms with Gasteiger partial charge in [0, 0.05) is 11.1 Å². The Bertz CT molecular complexity index is 351. The lowest BCUT2D eigenvalue weighted by Gasteiger charge is -2.20. The summed E-state index contributed by atoms with van der Waals surface area (Å²) in [6.45, 7) is 2.28. The highest BCUT2D eigenvalue weighted by atomic mass is 35.5. The second kappa shape index (κ2) is 4.31. The van der Waals surface area contributed by atoms with Crippen molar-refractivity contribution in [3.63, 3.8) is 0 Å². The number of nitrogens with two attached hydrogens (primary N) is 1. The average Bonchev–Trinajstić information content (AvgIpc) is 2.58. The molecule has 1 saturated carbocycles. The van der Waals surface area contributed by atoms with Crippen LogP contribution in [0.5, 0.6) is 0 Å². The minimum atomic E-state index is 0.547. The predicted molar refractivity (Wildman–Crippen MR) is 66.3 cm³/mol. The van der Waals surface area contributed by atoms with Gasteiger partial charge in [0.15, 0.2) is 0 Å². The lowest BCUT2D eigenvalue weighted by atomic mass is 10.1. The van der Waals surface area contributed by atoms with Crippen LogP contribution < -0.4 is 11.1 Å². The molecule has 1 aliphatic carbocycles. The van der Waals surface area contributed by atoms with E-state index in [-0.39, 0.29) is 0 Å². The Morgan fingerprint density at radius 1 is 1.40 bits per heavy atom. The fourth-order valence-corrected chi connectivity index (χ4v) is 2.39. The van der Waals surface area contributed by atoms with Crippen LogP contribution in [0.15, 0.2) is 18.2 Å². The van der Waals surface area contributed by atoms with E-state index in [0.717, 1.165) is 22.3 Å². The van der Waals surface area contributed by atoms with Crippen LogP contribution in [0, 0.1) is 5.92 Å². The van der Waals surface area contributed by atoms with Crippen LogP contribution in [0.3, 0.4) is 0 Å². The van der Waals surface area contributed by atoms with E-state index < -0.39 is 0 Å². The molecule has 0 bridgehead atoms. The van der Waals surface area contributed by atoms with Crippen molar-refractivity contribution in [2.75, 3.05) is 11.1 Å². The lowest BCUT2D eigenvalue weighted by molar-refractivity contribution is 0.556. The molecule has 1 aliphatic rings. The Labute approximate surface area is 95.8 Å². The maximum atomic E-state index is 5.94. The molecular weight excluding hydrogens is 208 g/mol. The molecule has 0 radical (unpaired) electrons. The maximum absolute atomic E-state index is 5.94. The molecule has 2 rings (SSSR count). The molecule has 1 aromatic rings. The molecule has 0 saturated heterocycles. The molecule has 0 aromatic heterocycles. The summed E-state index contributed by atoms with van der Waals surface area (Å²) in [4.78, 5) is 0. The van der Waals surface area contributed by atoms with E-state index >= 15 is 0 Å². The van der Waals surface area contributed by atoms with Crippen molar-refractivity contribution >= 4 is 23.0 Å². The van der Waals surface area contributed by atoms with Crippen LogP contribution in [-0.2, 0) is 0 Å². The van der Waals surface area contributed by atoms with E-state index in [4.69, 9.17) is 17.3 Å². The van der Waals surface area contributed by atoms with Crippen LogP contribution in [0.25, 0.3) is 0 Å². The zero-order valence-corrected chi connectivity index (χ0v) is 9.72. The number of rotatable bonds is 2. The minimum Gasteiger partial charge on any atom is -0.397 e. The zero-order valence-electron chi connectivity index (χ0n) is 8.96. The molecule has 3 heteroatoms. The van der Waals surface area contributed by atoms with Gasteiger partial charge in [-0.2, -0.15) is 0 Å². The Kier molecular flexibility index (Phi) is 3.06. The van der Waals surface area contributed by atoms with Gasteiger partial charge in [0.2, 0.25) is 0 Å². The van der Waals surface area contributed by atoms with Crippen LogP contribution >= 0.6 is 11.6 Å². The third-order valence-electron chi connectivity index (χ3n) is 3.22. The third-order valence-corrected chi connectivity index (χ3v) is 3.45. The Morgan fingerprint density at radius 3 is 2.87 bits per heavy atom. The van der Waals surface area contributed by atoms with Crippen LogP contribution in [-0.4, -0.2) is 6.04 Å². The van der Waals surface area contributed by atoms with E-state index in [1.165, 1.54) is 19.3 Å². The van der Waals surface area contributed by atoms with Gasteiger partial charge < -0.3 is 11.1 Å². The largest absolute Gasteiger partial charge is 0.397 e. The Morgan fingerprint density at radius 2 is 2.20 bits per heavy atom. The average molecular weight is 225 g/mol. The SMILES string of the molecule is CC1CCCC1Nc1cc(Cl)ccc1N. The summed E-state index contributed by atoms with van der Waals surface area (Å²) in [5, 5.41) is 4.22. The standard InChI is InChI=1S/C12H17ClN2/c1-8-3-2-4-11(8)15-12-7-9(13)5-6-10(12)14/h5-8,11,15H,2-4,14H2,1H3. The zero-order chi connectivity index (χ0) is 10.8. The lowest BCUT2D eigenvalue weighted by Crippen LogP contribution is -2.22. The molecule has 0 amide bonds. The van der Waals surface area contributed by atoms with E-state index in [9.17, 15) is 0 Å². The molecule has 2 atom stereocenters. The first-order chi connectivity index (χ1) is 7.16. The molecule has 0 spiro atoms. The number of benzene rings is 1. The van der Waals surface area contributed by atoms with Gasteiger partial charge in [-0.25, -0.2) is 0 Å². The highest BCUT2D eigenvalue weighted by Gasteiger charge is 2.23. The highest BCUT2D eigenvalue weighted by Crippen LogP contribution is 2.31. The van der Waals surface area contributed by atoms with Crippen molar-refractivity contribution < 1.29 is 0 Å². The molecule has 2 nitrogen and oxygen atoms in total. The number of halogens is 1. The minimum absolute atomic E-state index is 0.547. The van der Waals surface area contributed by atoms with Gasteiger partial charge in [-0.1, -0.05) is 24.9 Å². The predicted octanol–water partition coefficient (Wildman–Crippen LogP) is 3.52. The van der Waals surface area contributed by atoms with Gasteiger partial charge in [-0.3, -0.25) is 0 Å². The molecule has 3 N–H and O–H groups in total. The van der Waals surface area contributed by atoms with Gasteiger partial charge in [0.25, 0.3) is 0 Å². The first-order valence-electron chi connectivity index (χ1n) is 5.48. The van der Waals surface area contributed by atoms with Crippen molar-refractivity contribution in [3.05, 3.63) is 23.2 Å². The highest BCUT2D eigenvalue weighted by molar-refractivity contribution is 6.31. The molecule has 82 valence electrons. The number of anilines is 2. The molecular formula is C12H17ClN2. The summed E-state index contributed by atoms with van der Waals surface area (Å²) in [7, 11) is 0. The van der Waals surface area contributed by atoms with Gasteiger partial charge in [-0.05, 0) is 37.0 Å². The summed E-state index contributed by atoms with van der Waals surface area (Å²) < 4.78 is 0. The normalized spacial score (nSPS) is 25.5. The fourth-order valence-electron chi connectivity index (χ4n) is 2.21. The smallest absolute Gasteiger partial charge is 0.0591 e. The summed E-state index contributed by atoms with van der Waals surface area (Å²) in [6, 6.07) is 6.12. The van der Waals surface area contributed by atoms with Crippen molar-refractivity contribution in [1.29, 1.82) is 0 Å². The second-order valence-electron chi connectivity index (χ2n) is 4.39. The molecule has 1 fully saturated rings. The first-order valence-corrected chi connectivity index (χ1v) is 5.86. The van der Waals surface area contributed by atoms with E-state index in [2.05, 4.69) is 12.2 Å². The molecule has 0 aliphatic heterocycles. The van der Waals surface area contributed by atoms with Crippen molar-refractivity contribution in [2.45, 2.75) is 32.2 Å². The molecule has 2 unspecified atom stereocenters. The Balaban J connectivity index is 2.12. The van der Waals surface area contributed by atoms with Gasteiger partial charge in [-0.15, -0.1) is 0 Å². The number of hydrogen-bond acceptors (Lipinski definition) is 2. The number of nitrogen functional groups attached to an aromatic ring is 1. The van der Waals surface area contributed by atoms with E-state index in [0.29, 0.717) is 6.04 Å². The quantitative estimate of drug-likeness (QED) is 0.755. The monoisotopic (exact) mass is 224 g/mol. The van der Waals surface area contributed by atoms with Gasteiger partial charge >= 0.3 is 0 Å². The second-order valence-corrected chi connectivity index (χ2v) is 4.83. The first kappa shape index (κ1) is 10.6. The summed E-state index contributed by atoms with van der Waals surface area (Å²) in [6.07, 6.45) is 3.84. The van der Waals surface area contributed by atoms with Crippen molar-refractivity contribution in [2.24, 2.45) is 5.92 Å². The number of nitrogens with one attached hydrogen (secondary N) is 1. The number of hydrogen-bond donors (Lipinski definition) is 2. The Hall–Kier alpha value is -0.890. The van der Waals surface area contributed by atoms with Crippen LogP contribution in [0.1, 0.15) is 26.2 Å². The van der Waals surface area contributed by atoms with Crippen molar-refractivity contribution in [3.8, 4) is 0 Å². The molecule has 1 aromatic carbocycles. The van der Waals surface area contributed by atoms with E-state index in [1.54, 1.807) is 0 Å². The van der Waals surface area contributed by atoms with E-state index in [1.807, 2.05) is 18.2 Å². The molecule has 0 heterocycles. The summed E-state index contributed by atoms with van der Waals surface area (Å²) in [5.41, 5.74) is 7.64. The van der Waals surface area contributed by atoms with Gasteiger partial charge in [0.05, 0.1) is 11.4 Å². The maximum Gasteiger partial charge on any atom is 0.0591 e. The summed E-state index contributed by atoms with van der Waals surface area (Å²) >= 11 is 5.94. The van der Waals surface area contributed by atoms with Crippen LogP contribution in [0.4, 0.5) is 11.4 Å². The topological polar surface area (TPSA) is 38.0 Å². The van der Waals surface area contributed by atoms with Crippen molar-refractivity contribution in [1.82, 2.24) is 0 Å². The van der Waals surface area contributed by atoms with Gasteiger partial charge in [0.1, 0.15) is 0 Å². The molecule has 15 heavy (non-hydrogen) atoms. The fraction of sp³-hybridized carbons (Fsp3) is 0.500. The third kappa shape index (κ3) is 2.37. The van der Waals surface area contributed by atoms with Crippen LogP contribution in [0.2, 0.25) is 5.02 Å². The summed E-state index contributed by atoms with van der Waals surface area (Å²) in [5.74, 6) is 0.725.